The summed E-state index contributed by atoms with van der Waals surface area (Å²) in [6, 6.07) is 2.72. The topological polar surface area (TPSA) is 63.2 Å². The highest BCUT2D eigenvalue weighted by Crippen LogP contribution is 2.19. The smallest absolute Gasteiger partial charge is 0.422 e. The van der Waals surface area contributed by atoms with Gasteiger partial charge in [-0.25, -0.2) is 9.78 Å². The third kappa shape index (κ3) is 6.82. The van der Waals surface area contributed by atoms with Crippen molar-refractivity contribution < 1.29 is 22.7 Å². The number of ether oxygens (including phenoxy) is 1. The second kappa shape index (κ2) is 7.70. The van der Waals surface area contributed by atoms with Crippen molar-refractivity contribution in [3.8, 4) is 5.88 Å². The number of pyridine rings is 1. The zero-order valence-electron chi connectivity index (χ0n) is 11.8. The number of alkyl halides is 3. The first-order valence-electron chi connectivity index (χ1n) is 6.49. The molecule has 0 radical (unpaired) electrons. The summed E-state index contributed by atoms with van der Waals surface area (Å²) in [6.07, 6.45) is -2.33. The monoisotopic (exact) mass is 305 g/mol. The molecule has 1 heterocycles. The van der Waals surface area contributed by atoms with Crippen LogP contribution in [0.5, 0.6) is 5.88 Å². The average Bonchev–Trinajstić information content (AvgIpc) is 2.42. The standard InChI is InChI=1S/C13H18F3N3O2/c1-3-9(2)19-12(20)18-7-10-5-4-6-17-11(10)21-8-13(14,15)16/h4-6,9H,3,7-8H2,1-2H3,(H2,18,19,20). The van der Waals surface area contributed by atoms with Gasteiger partial charge in [-0.2, -0.15) is 13.2 Å². The second-order valence-corrected chi connectivity index (χ2v) is 4.51. The zero-order valence-corrected chi connectivity index (χ0v) is 11.8. The lowest BCUT2D eigenvalue weighted by atomic mass is 10.2. The molecule has 0 saturated carbocycles. The van der Waals surface area contributed by atoms with E-state index in [0.717, 1.165) is 6.42 Å². The lowest BCUT2D eigenvalue weighted by molar-refractivity contribution is -0.154. The van der Waals surface area contributed by atoms with E-state index >= 15 is 0 Å². The van der Waals surface area contributed by atoms with Gasteiger partial charge in [0.25, 0.3) is 0 Å². The number of aromatic nitrogens is 1. The quantitative estimate of drug-likeness (QED) is 0.849. The van der Waals surface area contributed by atoms with Crippen LogP contribution >= 0.6 is 0 Å². The Balaban J connectivity index is 2.57. The van der Waals surface area contributed by atoms with Gasteiger partial charge in [0.2, 0.25) is 5.88 Å². The van der Waals surface area contributed by atoms with Crippen LogP contribution < -0.4 is 15.4 Å². The van der Waals surface area contributed by atoms with Crippen molar-refractivity contribution in [2.45, 2.75) is 39.0 Å². The van der Waals surface area contributed by atoms with Crippen LogP contribution in [0.4, 0.5) is 18.0 Å². The van der Waals surface area contributed by atoms with E-state index in [-0.39, 0.29) is 18.5 Å². The van der Waals surface area contributed by atoms with Crippen molar-refractivity contribution >= 4 is 6.03 Å². The van der Waals surface area contributed by atoms with Gasteiger partial charge in [0.05, 0.1) is 0 Å². The molecule has 0 aliphatic rings. The van der Waals surface area contributed by atoms with Crippen LogP contribution in [0, 0.1) is 0 Å². The van der Waals surface area contributed by atoms with Gasteiger partial charge in [0, 0.05) is 24.3 Å². The normalized spacial score (nSPS) is 12.6. The summed E-state index contributed by atoms with van der Waals surface area (Å²) in [4.78, 5) is 15.3. The van der Waals surface area contributed by atoms with E-state index in [1.165, 1.54) is 6.20 Å². The maximum Gasteiger partial charge on any atom is 0.422 e. The van der Waals surface area contributed by atoms with Crippen molar-refractivity contribution in [2.75, 3.05) is 6.61 Å². The minimum absolute atomic E-state index is 0.0137. The Hall–Kier alpha value is -1.99. The summed E-state index contributed by atoms with van der Waals surface area (Å²) >= 11 is 0. The first kappa shape index (κ1) is 17.1. The number of halogens is 3. The zero-order chi connectivity index (χ0) is 15.9. The van der Waals surface area contributed by atoms with Crippen LogP contribution in [-0.4, -0.2) is 29.8 Å². The van der Waals surface area contributed by atoms with Gasteiger partial charge in [-0.15, -0.1) is 0 Å². The molecular weight excluding hydrogens is 287 g/mol. The molecule has 118 valence electrons. The third-order valence-corrected chi connectivity index (χ3v) is 2.65. The fourth-order valence-corrected chi connectivity index (χ4v) is 1.39. The van der Waals surface area contributed by atoms with Gasteiger partial charge in [-0.05, 0) is 19.4 Å². The molecule has 0 aliphatic heterocycles. The number of nitrogens with zero attached hydrogens (tertiary/aromatic N) is 1. The number of hydrogen-bond acceptors (Lipinski definition) is 3. The minimum atomic E-state index is -4.43. The first-order valence-corrected chi connectivity index (χ1v) is 6.49. The molecule has 1 rings (SSSR count). The van der Waals surface area contributed by atoms with Crippen LogP contribution in [0.1, 0.15) is 25.8 Å². The number of carbonyl (C=O) groups excluding carboxylic acids is 1. The molecule has 1 aromatic heterocycles. The summed E-state index contributed by atoms with van der Waals surface area (Å²) in [7, 11) is 0. The van der Waals surface area contributed by atoms with E-state index in [4.69, 9.17) is 0 Å². The van der Waals surface area contributed by atoms with Gasteiger partial charge >= 0.3 is 12.2 Å². The number of hydrogen-bond donors (Lipinski definition) is 2. The molecule has 0 bridgehead atoms. The largest absolute Gasteiger partial charge is 0.468 e. The highest BCUT2D eigenvalue weighted by molar-refractivity contribution is 5.74. The SMILES string of the molecule is CCC(C)NC(=O)NCc1cccnc1OCC(F)(F)F. The van der Waals surface area contributed by atoms with Crippen LogP contribution in [-0.2, 0) is 6.54 Å². The van der Waals surface area contributed by atoms with E-state index in [2.05, 4.69) is 20.4 Å². The molecule has 0 fully saturated rings. The average molecular weight is 305 g/mol. The van der Waals surface area contributed by atoms with Gasteiger partial charge in [0.1, 0.15) is 0 Å². The number of rotatable bonds is 6. The van der Waals surface area contributed by atoms with Crippen molar-refractivity contribution in [1.82, 2.24) is 15.6 Å². The van der Waals surface area contributed by atoms with E-state index in [1.807, 2.05) is 13.8 Å². The fraction of sp³-hybridized carbons (Fsp3) is 0.538. The predicted octanol–water partition coefficient (Wildman–Crippen LogP) is 2.62. The van der Waals surface area contributed by atoms with Crippen LogP contribution in [0.2, 0.25) is 0 Å². The molecule has 1 atom stereocenters. The summed E-state index contributed by atoms with van der Waals surface area (Å²) in [5, 5.41) is 5.23. The van der Waals surface area contributed by atoms with Crippen molar-refractivity contribution in [1.29, 1.82) is 0 Å². The number of carbonyl (C=O) groups is 1. The van der Waals surface area contributed by atoms with Crippen LogP contribution in [0.25, 0.3) is 0 Å². The molecule has 0 aliphatic carbocycles. The van der Waals surface area contributed by atoms with Gasteiger partial charge < -0.3 is 15.4 Å². The molecule has 2 amide bonds. The molecular formula is C13H18F3N3O2. The molecule has 5 nitrogen and oxygen atoms in total. The summed E-state index contributed by atoms with van der Waals surface area (Å²) in [5.74, 6) is -0.140. The van der Waals surface area contributed by atoms with Gasteiger partial charge in [0.15, 0.2) is 6.61 Å². The molecule has 2 N–H and O–H groups in total. The van der Waals surface area contributed by atoms with E-state index in [9.17, 15) is 18.0 Å². The molecule has 21 heavy (non-hydrogen) atoms. The lowest BCUT2D eigenvalue weighted by Crippen LogP contribution is -2.40. The van der Waals surface area contributed by atoms with Gasteiger partial charge in [-0.3, -0.25) is 0 Å². The second-order valence-electron chi connectivity index (χ2n) is 4.51. The number of urea groups is 1. The molecule has 1 aromatic rings. The maximum absolute atomic E-state index is 12.1. The molecule has 1 unspecified atom stereocenters. The number of amides is 2. The van der Waals surface area contributed by atoms with Crippen LogP contribution in [0.3, 0.4) is 0 Å². The highest BCUT2D eigenvalue weighted by atomic mass is 19.4. The van der Waals surface area contributed by atoms with E-state index in [0.29, 0.717) is 5.56 Å². The maximum atomic E-state index is 12.1. The predicted molar refractivity (Wildman–Crippen MR) is 70.9 cm³/mol. The Morgan fingerprint density at radius 3 is 2.81 bits per heavy atom. The number of nitrogens with one attached hydrogen (secondary N) is 2. The fourth-order valence-electron chi connectivity index (χ4n) is 1.39. The Labute approximate surface area is 120 Å². The Bertz CT molecular complexity index is 466. The summed E-state index contributed by atoms with van der Waals surface area (Å²) < 4.78 is 41.0. The Morgan fingerprint density at radius 2 is 2.19 bits per heavy atom. The molecule has 0 saturated heterocycles. The highest BCUT2D eigenvalue weighted by Gasteiger charge is 2.29. The summed E-state index contributed by atoms with van der Waals surface area (Å²) in [5.41, 5.74) is 0.376. The molecule has 0 aromatic carbocycles. The summed E-state index contributed by atoms with van der Waals surface area (Å²) in [6.45, 7) is 2.38. The minimum Gasteiger partial charge on any atom is -0.468 e. The van der Waals surface area contributed by atoms with Crippen molar-refractivity contribution in [3.05, 3.63) is 23.9 Å². The Morgan fingerprint density at radius 1 is 1.48 bits per heavy atom. The van der Waals surface area contributed by atoms with Crippen molar-refractivity contribution in [3.63, 3.8) is 0 Å². The van der Waals surface area contributed by atoms with E-state index < -0.39 is 18.8 Å². The van der Waals surface area contributed by atoms with E-state index in [1.54, 1.807) is 12.1 Å². The van der Waals surface area contributed by atoms with Crippen molar-refractivity contribution in [2.24, 2.45) is 0 Å². The van der Waals surface area contributed by atoms with Gasteiger partial charge in [-0.1, -0.05) is 13.0 Å². The van der Waals surface area contributed by atoms with Crippen LogP contribution in [0.15, 0.2) is 18.3 Å². The lowest BCUT2D eigenvalue weighted by Gasteiger charge is -2.14. The first-order chi connectivity index (χ1) is 9.81. The molecule has 8 heteroatoms. The Kier molecular flexibility index (Phi) is 6.26. The third-order valence-electron chi connectivity index (χ3n) is 2.65. The molecule has 0 spiro atoms.